The first kappa shape index (κ1) is 9.84. The number of imidazole rings is 1. The Morgan fingerprint density at radius 1 is 1.44 bits per heavy atom. The maximum absolute atomic E-state index is 12.2. The number of fused-ring (bicyclic) bond motifs is 1. The van der Waals surface area contributed by atoms with Crippen LogP contribution in [0.5, 0.6) is 0 Å². The second-order valence-corrected chi connectivity index (χ2v) is 4.50. The van der Waals surface area contributed by atoms with Crippen LogP contribution in [0.1, 0.15) is 24.2 Å². The summed E-state index contributed by atoms with van der Waals surface area (Å²) in [5, 5.41) is 3.28. The maximum atomic E-state index is 12.2. The molecule has 5 heteroatoms. The van der Waals surface area contributed by atoms with Crippen molar-refractivity contribution < 1.29 is 4.79 Å². The molecule has 1 atom stereocenters. The van der Waals surface area contributed by atoms with E-state index in [1.54, 1.807) is 6.33 Å². The van der Waals surface area contributed by atoms with E-state index in [1.807, 2.05) is 4.90 Å². The number of amides is 1. The molecule has 2 N–H and O–H groups in total. The number of rotatable bonds is 1. The van der Waals surface area contributed by atoms with E-state index in [1.165, 1.54) is 0 Å². The monoisotopic (exact) mass is 220 g/mol. The second kappa shape index (κ2) is 3.90. The predicted molar refractivity (Wildman–Crippen MR) is 58.7 cm³/mol. The summed E-state index contributed by atoms with van der Waals surface area (Å²) in [4.78, 5) is 21.5. The van der Waals surface area contributed by atoms with E-state index in [0.29, 0.717) is 6.42 Å². The zero-order valence-corrected chi connectivity index (χ0v) is 9.20. The maximum Gasteiger partial charge on any atom is 0.240 e. The van der Waals surface area contributed by atoms with E-state index >= 15 is 0 Å². The van der Waals surface area contributed by atoms with Gasteiger partial charge in [0.25, 0.3) is 0 Å². The summed E-state index contributed by atoms with van der Waals surface area (Å²) in [6, 6.07) is -0.0751. The molecule has 0 saturated carbocycles. The quantitative estimate of drug-likeness (QED) is 0.703. The van der Waals surface area contributed by atoms with Crippen LogP contribution in [0.2, 0.25) is 0 Å². The minimum Gasteiger partial charge on any atom is -0.347 e. The highest BCUT2D eigenvalue weighted by molar-refractivity contribution is 5.82. The number of likely N-dealkylation sites (tertiary alicyclic amines) is 1. The van der Waals surface area contributed by atoms with E-state index in [4.69, 9.17) is 0 Å². The van der Waals surface area contributed by atoms with Crippen molar-refractivity contribution in [2.75, 3.05) is 13.1 Å². The lowest BCUT2D eigenvalue weighted by Gasteiger charge is -2.26. The Balaban J connectivity index is 1.71. The van der Waals surface area contributed by atoms with Gasteiger partial charge in [0.15, 0.2) is 0 Å². The molecule has 0 aliphatic carbocycles. The Hall–Kier alpha value is -1.36. The van der Waals surface area contributed by atoms with Gasteiger partial charge in [0.1, 0.15) is 0 Å². The molecule has 1 aromatic rings. The Labute approximate surface area is 94.2 Å². The number of aromatic amines is 1. The standard InChI is InChI=1S/C11H16N4O/c16-11(15-3-1-2-4-15)9-5-8-10(6-12-9)14-7-13-8/h7,9,12H,1-6H2,(H,13,14). The van der Waals surface area contributed by atoms with Crippen LogP contribution in [0.25, 0.3) is 0 Å². The van der Waals surface area contributed by atoms with Gasteiger partial charge in [-0.25, -0.2) is 4.98 Å². The van der Waals surface area contributed by atoms with Crippen molar-refractivity contribution in [2.45, 2.75) is 31.8 Å². The van der Waals surface area contributed by atoms with E-state index < -0.39 is 0 Å². The number of H-pyrrole nitrogens is 1. The van der Waals surface area contributed by atoms with Crippen molar-refractivity contribution in [3.8, 4) is 0 Å². The molecule has 3 rings (SSSR count). The van der Waals surface area contributed by atoms with Gasteiger partial charge in [-0.1, -0.05) is 0 Å². The number of nitrogens with one attached hydrogen (secondary N) is 2. The van der Waals surface area contributed by atoms with E-state index in [0.717, 1.165) is 43.9 Å². The molecule has 16 heavy (non-hydrogen) atoms. The number of nitrogens with zero attached hydrogens (tertiary/aromatic N) is 2. The third kappa shape index (κ3) is 1.61. The number of hydrogen-bond acceptors (Lipinski definition) is 3. The Kier molecular flexibility index (Phi) is 2.40. The van der Waals surface area contributed by atoms with Gasteiger partial charge < -0.3 is 9.88 Å². The van der Waals surface area contributed by atoms with Gasteiger partial charge in [0, 0.05) is 26.1 Å². The molecular weight excluding hydrogens is 204 g/mol. The van der Waals surface area contributed by atoms with E-state index in [2.05, 4.69) is 15.3 Å². The summed E-state index contributed by atoms with van der Waals surface area (Å²) in [5.41, 5.74) is 2.15. The van der Waals surface area contributed by atoms with Crippen LogP contribution >= 0.6 is 0 Å². The zero-order valence-electron chi connectivity index (χ0n) is 9.20. The molecule has 0 radical (unpaired) electrons. The molecule has 0 spiro atoms. The molecule has 86 valence electrons. The van der Waals surface area contributed by atoms with Gasteiger partial charge in [0.2, 0.25) is 5.91 Å². The SMILES string of the molecule is O=C(C1Cc2nc[nH]c2CN1)N1CCCC1. The van der Waals surface area contributed by atoms with Crippen LogP contribution in [-0.4, -0.2) is 39.9 Å². The van der Waals surface area contributed by atoms with Crippen molar-refractivity contribution in [3.63, 3.8) is 0 Å². The average molecular weight is 220 g/mol. The van der Waals surface area contributed by atoms with Crippen molar-refractivity contribution in [2.24, 2.45) is 0 Å². The molecule has 2 aliphatic rings. The summed E-state index contributed by atoms with van der Waals surface area (Å²) in [5.74, 6) is 0.242. The van der Waals surface area contributed by atoms with Gasteiger partial charge in [-0.2, -0.15) is 0 Å². The van der Waals surface area contributed by atoms with Crippen molar-refractivity contribution >= 4 is 5.91 Å². The molecule has 1 unspecified atom stereocenters. The zero-order chi connectivity index (χ0) is 11.0. The van der Waals surface area contributed by atoms with E-state index in [-0.39, 0.29) is 11.9 Å². The smallest absolute Gasteiger partial charge is 0.240 e. The van der Waals surface area contributed by atoms with Gasteiger partial charge in [-0.15, -0.1) is 0 Å². The largest absolute Gasteiger partial charge is 0.347 e. The third-order valence-corrected chi connectivity index (χ3v) is 3.45. The topological polar surface area (TPSA) is 61.0 Å². The molecular formula is C11H16N4O. The lowest BCUT2D eigenvalue weighted by atomic mass is 10.0. The summed E-state index contributed by atoms with van der Waals surface area (Å²) in [6.07, 6.45) is 4.71. The fourth-order valence-corrected chi connectivity index (χ4v) is 2.50. The normalized spacial score (nSPS) is 24.5. The molecule has 5 nitrogen and oxygen atoms in total. The highest BCUT2D eigenvalue weighted by Gasteiger charge is 2.30. The number of hydrogen-bond donors (Lipinski definition) is 2. The molecule has 0 aromatic carbocycles. The fraction of sp³-hybridized carbons (Fsp3) is 0.636. The number of carbonyl (C=O) groups excluding carboxylic acids is 1. The van der Waals surface area contributed by atoms with Crippen LogP contribution < -0.4 is 5.32 Å². The van der Waals surface area contributed by atoms with Crippen LogP contribution in [0, 0.1) is 0 Å². The molecule has 3 heterocycles. The van der Waals surface area contributed by atoms with Gasteiger partial charge in [-0.3, -0.25) is 10.1 Å². The first-order chi connectivity index (χ1) is 7.84. The molecule has 0 bridgehead atoms. The average Bonchev–Trinajstić information content (AvgIpc) is 2.98. The van der Waals surface area contributed by atoms with Gasteiger partial charge in [-0.05, 0) is 12.8 Å². The van der Waals surface area contributed by atoms with E-state index in [9.17, 15) is 4.79 Å². The van der Waals surface area contributed by atoms with Gasteiger partial charge in [0.05, 0.1) is 23.8 Å². The highest BCUT2D eigenvalue weighted by Crippen LogP contribution is 2.16. The minimum absolute atomic E-state index is 0.0751. The van der Waals surface area contributed by atoms with Crippen molar-refractivity contribution in [1.82, 2.24) is 20.2 Å². The second-order valence-electron chi connectivity index (χ2n) is 4.50. The van der Waals surface area contributed by atoms with Crippen LogP contribution in [0.4, 0.5) is 0 Å². The Morgan fingerprint density at radius 3 is 3.06 bits per heavy atom. The van der Waals surface area contributed by atoms with Crippen LogP contribution in [0.15, 0.2) is 6.33 Å². The Morgan fingerprint density at radius 2 is 2.25 bits per heavy atom. The first-order valence-electron chi connectivity index (χ1n) is 5.88. The highest BCUT2D eigenvalue weighted by atomic mass is 16.2. The van der Waals surface area contributed by atoms with Crippen molar-refractivity contribution in [1.29, 1.82) is 0 Å². The third-order valence-electron chi connectivity index (χ3n) is 3.45. The van der Waals surface area contributed by atoms with Crippen LogP contribution in [-0.2, 0) is 17.8 Å². The van der Waals surface area contributed by atoms with Gasteiger partial charge >= 0.3 is 0 Å². The first-order valence-corrected chi connectivity index (χ1v) is 5.88. The molecule has 1 amide bonds. The summed E-state index contributed by atoms with van der Waals surface area (Å²) in [6.45, 7) is 2.56. The molecule has 1 fully saturated rings. The lowest BCUT2D eigenvalue weighted by molar-refractivity contribution is -0.132. The summed E-state index contributed by atoms with van der Waals surface area (Å²) >= 11 is 0. The fourth-order valence-electron chi connectivity index (χ4n) is 2.50. The predicted octanol–water partition coefficient (Wildman–Crippen LogP) is 0.0464. The number of carbonyl (C=O) groups is 1. The Bertz CT molecular complexity index is 394. The minimum atomic E-state index is -0.0751. The van der Waals surface area contributed by atoms with Crippen molar-refractivity contribution in [3.05, 3.63) is 17.7 Å². The van der Waals surface area contributed by atoms with Crippen LogP contribution in [0.3, 0.4) is 0 Å². The summed E-state index contributed by atoms with van der Waals surface area (Å²) < 4.78 is 0. The molecule has 1 aromatic heterocycles. The lowest BCUT2D eigenvalue weighted by Crippen LogP contribution is -2.48. The molecule has 2 aliphatic heterocycles. The molecule has 1 saturated heterocycles. The number of aromatic nitrogens is 2. The summed E-state index contributed by atoms with van der Waals surface area (Å²) in [7, 11) is 0.